The van der Waals surface area contributed by atoms with Crippen LogP contribution in [-0.4, -0.2) is 51.5 Å². The maximum atomic E-state index is 5.83. The quantitative estimate of drug-likeness (QED) is 0.619. The van der Waals surface area contributed by atoms with Gasteiger partial charge in [-0.25, -0.2) is 0 Å². The Morgan fingerprint density at radius 2 is 1.47 bits per heavy atom. The second-order valence-corrected chi connectivity index (χ2v) is 6.13. The van der Waals surface area contributed by atoms with Crippen LogP contribution in [0.2, 0.25) is 0 Å². The van der Waals surface area contributed by atoms with Gasteiger partial charge in [0.2, 0.25) is 0 Å². The fraction of sp³-hybridized carbons (Fsp3) is 0.818. The summed E-state index contributed by atoms with van der Waals surface area (Å²) in [6, 6.07) is 0. The van der Waals surface area contributed by atoms with E-state index in [-0.39, 0.29) is 0 Å². The number of hydrogen-bond acceptors (Lipinski definition) is 5. The van der Waals surface area contributed by atoms with Crippen LogP contribution in [0.5, 0.6) is 0 Å². The van der Waals surface area contributed by atoms with Crippen LogP contribution in [0.1, 0.15) is 27.7 Å². The van der Waals surface area contributed by atoms with Crippen molar-refractivity contribution in [3.8, 4) is 0 Å². The van der Waals surface area contributed by atoms with E-state index in [0.29, 0.717) is 19.8 Å². The Balaban J connectivity index is 2.77. The second-order valence-electron chi connectivity index (χ2n) is 3.64. The highest BCUT2D eigenvalue weighted by molar-refractivity contribution is 6.58. The van der Waals surface area contributed by atoms with Crippen LogP contribution < -0.4 is 0 Å². The Bertz CT molecular complexity index is 234. The summed E-state index contributed by atoms with van der Waals surface area (Å²) in [5.41, 5.74) is 0. The lowest BCUT2D eigenvalue weighted by atomic mass is 10.6. The Morgan fingerprint density at radius 1 is 0.941 bits per heavy atom. The molecule has 1 rings (SSSR count). The van der Waals surface area contributed by atoms with E-state index in [1.54, 1.807) is 0 Å². The summed E-state index contributed by atoms with van der Waals surface area (Å²) >= 11 is 0. The van der Waals surface area contributed by atoms with Crippen molar-refractivity contribution < 1.29 is 13.3 Å². The predicted octanol–water partition coefficient (Wildman–Crippen LogP) is 1.60. The summed E-state index contributed by atoms with van der Waals surface area (Å²) < 4.78 is 19.6. The monoisotopic (exact) mass is 260 g/mol. The van der Waals surface area contributed by atoms with Gasteiger partial charge < -0.3 is 22.7 Å². The van der Waals surface area contributed by atoms with Crippen LogP contribution in [0.3, 0.4) is 0 Å². The number of hydrogen-bond donors (Lipinski definition) is 0. The normalized spacial score (nSPS) is 16.0. The molecule has 0 unspecified atom stereocenters. The van der Waals surface area contributed by atoms with Crippen molar-refractivity contribution in [2.45, 2.75) is 27.7 Å². The van der Waals surface area contributed by atoms with Crippen LogP contribution in [-0.2, 0) is 13.3 Å². The van der Waals surface area contributed by atoms with Gasteiger partial charge in [-0.05, 0) is 27.7 Å². The fourth-order valence-corrected chi connectivity index (χ4v) is 4.21. The van der Waals surface area contributed by atoms with E-state index in [1.165, 1.54) is 0 Å². The molecule has 0 atom stereocenters. The zero-order chi connectivity index (χ0) is 12.7. The molecule has 0 aromatic heterocycles. The summed E-state index contributed by atoms with van der Waals surface area (Å²) in [7, 11) is -2.72. The molecule has 0 aromatic carbocycles. The standard InChI is InChI=1S/C11H24N2O3Si/c1-5-12-9-10-13(11-12)17(14-6-2,15-7-3)16-8-4/h9-10H,5-8,11H2,1-4H3. The van der Waals surface area contributed by atoms with Gasteiger partial charge in [0.1, 0.15) is 0 Å². The smallest absolute Gasteiger partial charge is 0.359 e. The molecule has 17 heavy (non-hydrogen) atoms. The van der Waals surface area contributed by atoms with Gasteiger partial charge >= 0.3 is 8.97 Å². The van der Waals surface area contributed by atoms with Crippen molar-refractivity contribution >= 4 is 8.97 Å². The summed E-state index contributed by atoms with van der Waals surface area (Å²) in [6.45, 7) is 11.6. The molecule has 1 aliphatic rings. The molecule has 1 heterocycles. The first kappa shape index (κ1) is 14.5. The average Bonchev–Trinajstić information content (AvgIpc) is 2.79. The number of nitrogens with zero attached hydrogens (tertiary/aromatic N) is 2. The zero-order valence-corrected chi connectivity index (χ0v) is 12.3. The van der Waals surface area contributed by atoms with Crippen molar-refractivity contribution in [3.05, 3.63) is 12.4 Å². The van der Waals surface area contributed by atoms with E-state index in [1.807, 2.05) is 27.0 Å². The van der Waals surface area contributed by atoms with Crippen LogP contribution in [0.4, 0.5) is 0 Å². The summed E-state index contributed by atoms with van der Waals surface area (Å²) in [5, 5.41) is 0. The van der Waals surface area contributed by atoms with Gasteiger partial charge in [0.25, 0.3) is 0 Å². The Labute approximate surface area is 105 Å². The van der Waals surface area contributed by atoms with E-state index in [9.17, 15) is 0 Å². The minimum Gasteiger partial charge on any atom is -0.359 e. The zero-order valence-electron chi connectivity index (χ0n) is 11.3. The van der Waals surface area contributed by atoms with E-state index >= 15 is 0 Å². The highest BCUT2D eigenvalue weighted by atomic mass is 28.4. The lowest BCUT2D eigenvalue weighted by Gasteiger charge is -2.35. The molecule has 0 fully saturated rings. The average molecular weight is 260 g/mol. The highest BCUT2D eigenvalue weighted by Crippen LogP contribution is 2.20. The van der Waals surface area contributed by atoms with E-state index in [2.05, 4.69) is 22.6 Å². The fourth-order valence-electron chi connectivity index (χ4n) is 1.77. The molecule has 0 radical (unpaired) electrons. The van der Waals surface area contributed by atoms with Gasteiger partial charge in [-0.15, -0.1) is 0 Å². The highest BCUT2D eigenvalue weighted by Gasteiger charge is 2.49. The Morgan fingerprint density at radius 3 is 1.82 bits per heavy atom. The molecule has 5 nitrogen and oxygen atoms in total. The van der Waals surface area contributed by atoms with Crippen molar-refractivity contribution in [2.24, 2.45) is 0 Å². The molecule has 0 saturated carbocycles. The third kappa shape index (κ3) is 3.45. The molecule has 0 aromatic rings. The molecule has 0 N–H and O–H groups in total. The maximum absolute atomic E-state index is 5.83. The molecular formula is C11H24N2O3Si. The molecule has 0 bridgehead atoms. The van der Waals surface area contributed by atoms with Crippen LogP contribution in [0.15, 0.2) is 12.4 Å². The topological polar surface area (TPSA) is 34.2 Å². The first-order valence-corrected chi connectivity index (χ1v) is 8.00. The van der Waals surface area contributed by atoms with Crippen molar-refractivity contribution in [2.75, 3.05) is 33.0 Å². The molecule has 0 saturated heterocycles. The van der Waals surface area contributed by atoms with Gasteiger partial charge in [-0.1, -0.05) is 0 Å². The largest absolute Gasteiger partial charge is 0.634 e. The third-order valence-electron chi connectivity index (χ3n) is 2.53. The Kier molecular flexibility index (Phi) is 5.97. The molecule has 1 aliphatic heterocycles. The molecule has 100 valence electrons. The SMILES string of the molecule is CCO[Si](OCC)(OCC)N1C=CN(CC)C1. The summed E-state index contributed by atoms with van der Waals surface area (Å²) in [6.07, 6.45) is 4.06. The van der Waals surface area contributed by atoms with Crippen molar-refractivity contribution in [1.29, 1.82) is 0 Å². The van der Waals surface area contributed by atoms with E-state index in [4.69, 9.17) is 13.3 Å². The third-order valence-corrected chi connectivity index (χ3v) is 5.48. The van der Waals surface area contributed by atoms with Crippen LogP contribution in [0.25, 0.3) is 0 Å². The number of rotatable bonds is 8. The minimum absolute atomic E-state index is 0.600. The summed E-state index contributed by atoms with van der Waals surface area (Å²) in [4.78, 5) is 2.19. The van der Waals surface area contributed by atoms with E-state index in [0.717, 1.165) is 13.2 Å². The molecule has 6 heteroatoms. The minimum atomic E-state index is -2.72. The Hall–Kier alpha value is -0.563. The van der Waals surface area contributed by atoms with Gasteiger partial charge in [-0.2, -0.15) is 0 Å². The lowest BCUT2D eigenvalue weighted by Crippen LogP contribution is -2.59. The van der Waals surface area contributed by atoms with Gasteiger partial charge in [-0.3, -0.25) is 0 Å². The van der Waals surface area contributed by atoms with Gasteiger partial charge in [0, 0.05) is 38.8 Å². The lowest BCUT2D eigenvalue weighted by molar-refractivity contribution is 0.0251. The van der Waals surface area contributed by atoms with Crippen molar-refractivity contribution in [1.82, 2.24) is 9.47 Å². The molecule has 0 amide bonds. The first-order chi connectivity index (χ1) is 8.22. The van der Waals surface area contributed by atoms with E-state index < -0.39 is 8.97 Å². The van der Waals surface area contributed by atoms with Gasteiger partial charge in [0.05, 0.1) is 6.67 Å². The van der Waals surface area contributed by atoms with Crippen LogP contribution >= 0.6 is 0 Å². The summed E-state index contributed by atoms with van der Waals surface area (Å²) in [5.74, 6) is 0. The van der Waals surface area contributed by atoms with Crippen LogP contribution in [0, 0.1) is 0 Å². The maximum Gasteiger partial charge on any atom is 0.634 e. The molecule has 0 aliphatic carbocycles. The molecular weight excluding hydrogens is 236 g/mol. The van der Waals surface area contributed by atoms with Gasteiger partial charge in [0.15, 0.2) is 0 Å². The van der Waals surface area contributed by atoms with Crippen molar-refractivity contribution in [3.63, 3.8) is 0 Å². The second kappa shape index (κ2) is 7.00. The first-order valence-electron chi connectivity index (χ1n) is 6.33. The predicted molar refractivity (Wildman–Crippen MR) is 68.9 cm³/mol. The molecule has 0 spiro atoms.